The van der Waals surface area contributed by atoms with Gasteiger partial charge in [-0.1, -0.05) is 19.9 Å². The van der Waals surface area contributed by atoms with Crippen LogP contribution in [0.25, 0.3) is 0 Å². The van der Waals surface area contributed by atoms with E-state index in [0.717, 1.165) is 13.0 Å². The zero-order chi connectivity index (χ0) is 13.2. The number of hydrogen-bond donors (Lipinski definition) is 1. The van der Waals surface area contributed by atoms with Gasteiger partial charge in [0.15, 0.2) is 0 Å². The lowest BCUT2D eigenvalue weighted by Crippen LogP contribution is -2.61. The van der Waals surface area contributed by atoms with E-state index in [-0.39, 0.29) is 5.41 Å². The molecule has 0 bridgehead atoms. The summed E-state index contributed by atoms with van der Waals surface area (Å²) < 4.78 is 5.76. The molecule has 1 aromatic rings. The second-order valence-corrected chi connectivity index (χ2v) is 5.73. The van der Waals surface area contributed by atoms with Gasteiger partial charge >= 0.3 is 0 Å². The molecule has 2 unspecified atom stereocenters. The van der Waals surface area contributed by atoms with Gasteiger partial charge in [-0.2, -0.15) is 0 Å². The van der Waals surface area contributed by atoms with E-state index < -0.39 is 0 Å². The molecular weight excluding hydrogens is 224 g/mol. The highest BCUT2D eigenvalue weighted by Crippen LogP contribution is 2.43. The molecule has 0 saturated heterocycles. The van der Waals surface area contributed by atoms with Crippen LogP contribution in [0.15, 0.2) is 24.5 Å². The summed E-state index contributed by atoms with van der Waals surface area (Å²) in [6.45, 7) is 9.63. The van der Waals surface area contributed by atoms with Crippen molar-refractivity contribution >= 4 is 0 Å². The molecule has 0 spiro atoms. The first-order chi connectivity index (χ1) is 8.55. The summed E-state index contributed by atoms with van der Waals surface area (Å²) in [5, 5.41) is 3.69. The number of nitrogens with zero attached hydrogens (tertiary/aromatic N) is 1. The van der Waals surface area contributed by atoms with Gasteiger partial charge in [0.1, 0.15) is 0 Å². The number of pyridine rings is 1. The van der Waals surface area contributed by atoms with Crippen molar-refractivity contribution in [1.29, 1.82) is 0 Å². The Bertz CT molecular complexity index is 377. The van der Waals surface area contributed by atoms with Gasteiger partial charge in [-0.3, -0.25) is 4.98 Å². The summed E-state index contributed by atoms with van der Waals surface area (Å²) in [4.78, 5) is 4.17. The molecule has 1 fully saturated rings. The predicted octanol–water partition coefficient (Wildman–Crippen LogP) is 2.94. The molecule has 0 radical (unpaired) electrons. The Morgan fingerprint density at radius 3 is 2.89 bits per heavy atom. The van der Waals surface area contributed by atoms with Crippen LogP contribution in [0.4, 0.5) is 0 Å². The van der Waals surface area contributed by atoms with Crippen LogP contribution < -0.4 is 5.32 Å². The van der Waals surface area contributed by atoms with Crippen molar-refractivity contribution in [2.75, 3.05) is 6.61 Å². The predicted molar refractivity (Wildman–Crippen MR) is 73.4 cm³/mol. The molecule has 3 heteroatoms. The number of rotatable bonds is 5. The Balaban J connectivity index is 1.92. The maximum Gasteiger partial charge on any atom is 0.0655 e. The normalized spacial score (nSPS) is 27.6. The summed E-state index contributed by atoms with van der Waals surface area (Å²) in [7, 11) is 0. The second kappa shape index (κ2) is 5.37. The molecular formula is C15H24N2O. The third kappa shape index (κ3) is 2.57. The van der Waals surface area contributed by atoms with Gasteiger partial charge in [-0.25, -0.2) is 0 Å². The number of nitrogens with one attached hydrogen (secondary N) is 1. The minimum atomic E-state index is 0.215. The Morgan fingerprint density at radius 1 is 1.56 bits per heavy atom. The van der Waals surface area contributed by atoms with Crippen LogP contribution in [-0.4, -0.2) is 23.7 Å². The van der Waals surface area contributed by atoms with Crippen LogP contribution >= 0.6 is 0 Å². The summed E-state index contributed by atoms with van der Waals surface area (Å²) in [5.41, 5.74) is 1.46. The molecule has 1 heterocycles. The van der Waals surface area contributed by atoms with Crippen molar-refractivity contribution in [2.45, 2.75) is 52.3 Å². The molecule has 1 N–H and O–H groups in total. The molecule has 3 nitrogen and oxygen atoms in total. The first-order valence-corrected chi connectivity index (χ1v) is 6.83. The second-order valence-electron chi connectivity index (χ2n) is 5.73. The Hall–Kier alpha value is -0.930. The molecule has 1 aliphatic carbocycles. The molecule has 2 rings (SSSR count). The van der Waals surface area contributed by atoms with E-state index in [9.17, 15) is 0 Å². The fourth-order valence-corrected chi connectivity index (χ4v) is 2.68. The van der Waals surface area contributed by atoms with E-state index in [1.165, 1.54) is 5.56 Å². The lowest BCUT2D eigenvalue weighted by molar-refractivity contribution is -0.116. The first-order valence-electron chi connectivity index (χ1n) is 6.83. The smallest absolute Gasteiger partial charge is 0.0655 e. The molecule has 1 aromatic heterocycles. The molecule has 1 aliphatic rings. The number of ether oxygens (including phenoxy) is 1. The fourth-order valence-electron chi connectivity index (χ4n) is 2.68. The van der Waals surface area contributed by atoms with Crippen LogP contribution in [0.1, 0.15) is 45.7 Å². The number of hydrogen-bond acceptors (Lipinski definition) is 3. The van der Waals surface area contributed by atoms with Crippen LogP contribution in [0.3, 0.4) is 0 Å². The third-order valence-electron chi connectivity index (χ3n) is 4.18. The minimum absolute atomic E-state index is 0.215. The zero-order valence-electron chi connectivity index (χ0n) is 11.8. The molecule has 100 valence electrons. The van der Waals surface area contributed by atoms with E-state index in [1.54, 1.807) is 0 Å². The van der Waals surface area contributed by atoms with Crippen LogP contribution in [0, 0.1) is 5.41 Å². The van der Waals surface area contributed by atoms with Gasteiger partial charge in [0.2, 0.25) is 0 Å². The topological polar surface area (TPSA) is 34.1 Å². The van der Waals surface area contributed by atoms with Gasteiger partial charge < -0.3 is 10.1 Å². The highest BCUT2D eigenvalue weighted by atomic mass is 16.5. The highest BCUT2D eigenvalue weighted by Gasteiger charge is 2.49. The lowest BCUT2D eigenvalue weighted by atomic mass is 9.64. The number of aromatic nitrogens is 1. The average Bonchev–Trinajstić information content (AvgIpc) is 2.38. The summed E-state index contributed by atoms with van der Waals surface area (Å²) in [6, 6.07) is 4.97. The zero-order valence-corrected chi connectivity index (χ0v) is 11.8. The van der Waals surface area contributed by atoms with E-state index in [1.807, 2.05) is 18.5 Å². The fraction of sp³-hybridized carbons (Fsp3) is 0.667. The lowest BCUT2D eigenvalue weighted by Gasteiger charge is -2.52. The summed E-state index contributed by atoms with van der Waals surface area (Å²) >= 11 is 0. The van der Waals surface area contributed by atoms with Gasteiger partial charge in [0.05, 0.1) is 6.10 Å². The van der Waals surface area contributed by atoms with Crippen LogP contribution in [-0.2, 0) is 4.74 Å². The van der Waals surface area contributed by atoms with E-state index in [4.69, 9.17) is 4.74 Å². The van der Waals surface area contributed by atoms with E-state index in [2.05, 4.69) is 44.1 Å². The van der Waals surface area contributed by atoms with Crippen molar-refractivity contribution < 1.29 is 4.74 Å². The standard InChI is InChI=1S/C15H24N2O/c1-5-18-14-9-13(15(14,3)4)17-11(2)12-7-6-8-16-10-12/h6-8,10-11,13-14,17H,5,9H2,1-4H3/t11-,13?,14?/m1/s1. The van der Waals surface area contributed by atoms with Crippen LogP contribution in [0.2, 0.25) is 0 Å². The van der Waals surface area contributed by atoms with Gasteiger partial charge in [0, 0.05) is 36.5 Å². The van der Waals surface area contributed by atoms with E-state index in [0.29, 0.717) is 18.2 Å². The SMILES string of the molecule is CCOC1CC(N[C@H](C)c2cccnc2)C1(C)C. The maximum atomic E-state index is 5.76. The monoisotopic (exact) mass is 248 g/mol. The summed E-state index contributed by atoms with van der Waals surface area (Å²) in [6.07, 6.45) is 5.24. The molecule has 1 saturated carbocycles. The Kier molecular flexibility index (Phi) is 4.03. The third-order valence-corrected chi connectivity index (χ3v) is 4.18. The van der Waals surface area contributed by atoms with Gasteiger partial charge in [-0.15, -0.1) is 0 Å². The van der Waals surface area contributed by atoms with Crippen molar-refractivity contribution in [3.05, 3.63) is 30.1 Å². The highest BCUT2D eigenvalue weighted by molar-refractivity contribution is 5.14. The van der Waals surface area contributed by atoms with Gasteiger partial charge in [0.25, 0.3) is 0 Å². The first kappa shape index (κ1) is 13.5. The van der Waals surface area contributed by atoms with Crippen molar-refractivity contribution in [1.82, 2.24) is 10.3 Å². The molecule has 18 heavy (non-hydrogen) atoms. The summed E-state index contributed by atoms with van der Waals surface area (Å²) in [5.74, 6) is 0. The van der Waals surface area contributed by atoms with Crippen molar-refractivity contribution in [3.8, 4) is 0 Å². The van der Waals surface area contributed by atoms with Gasteiger partial charge in [-0.05, 0) is 31.9 Å². The quantitative estimate of drug-likeness (QED) is 0.870. The molecule has 0 aromatic carbocycles. The van der Waals surface area contributed by atoms with Crippen molar-refractivity contribution in [2.24, 2.45) is 5.41 Å². The van der Waals surface area contributed by atoms with Crippen molar-refractivity contribution in [3.63, 3.8) is 0 Å². The van der Waals surface area contributed by atoms with E-state index >= 15 is 0 Å². The molecule has 0 aliphatic heterocycles. The Labute approximate surface area is 110 Å². The largest absolute Gasteiger partial charge is 0.378 e. The Morgan fingerprint density at radius 2 is 2.33 bits per heavy atom. The molecule has 3 atom stereocenters. The van der Waals surface area contributed by atoms with Crippen LogP contribution in [0.5, 0.6) is 0 Å². The molecule has 0 amide bonds. The minimum Gasteiger partial charge on any atom is -0.378 e. The average molecular weight is 248 g/mol. The maximum absolute atomic E-state index is 5.76.